The van der Waals surface area contributed by atoms with Gasteiger partial charge in [-0.15, -0.1) is 0 Å². The van der Waals surface area contributed by atoms with Crippen molar-refractivity contribution < 1.29 is 5.11 Å². The molecule has 0 saturated carbocycles. The molecule has 16 heavy (non-hydrogen) atoms. The lowest BCUT2D eigenvalue weighted by molar-refractivity contribution is 0.190. The van der Waals surface area contributed by atoms with Crippen LogP contribution in [0.3, 0.4) is 0 Å². The summed E-state index contributed by atoms with van der Waals surface area (Å²) in [5, 5.41) is 12.3. The maximum absolute atomic E-state index is 8.73. The van der Waals surface area contributed by atoms with Crippen LogP contribution in [0.5, 0.6) is 0 Å². The standard InChI is InChI=1S/C13H28N2O/c1-12-5-8-15(9-6-12)10-7-14-13(2)4-3-11-16/h12-14,16H,3-11H2,1-2H3. The monoisotopic (exact) mass is 228 g/mol. The van der Waals surface area contributed by atoms with E-state index in [-0.39, 0.29) is 0 Å². The molecule has 0 amide bonds. The van der Waals surface area contributed by atoms with Crippen molar-refractivity contribution in [1.82, 2.24) is 10.2 Å². The van der Waals surface area contributed by atoms with Crippen LogP contribution in [-0.4, -0.2) is 48.8 Å². The summed E-state index contributed by atoms with van der Waals surface area (Å²) in [5.41, 5.74) is 0. The van der Waals surface area contributed by atoms with Gasteiger partial charge in [-0.1, -0.05) is 6.92 Å². The average Bonchev–Trinajstić information content (AvgIpc) is 2.29. The van der Waals surface area contributed by atoms with Gasteiger partial charge in [-0.05, 0) is 51.6 Å². The van der Waals surface area contributed by atoms with E-state index in [0.29, 0.717) is 12.6 Å². The van der Waals surface area contributed by atoms with Gasteiger partial charge < -0.3 is 15.3 Å². The Bertz CT molecular complexity index is 167. The minimum atomic E-state index is 0.316. The zero-order chi connectivity index (χ0) is 11.8. The van der Waals surface area contributed by atoms with Crippen molar-refractivity contribution in [3.63, 3.8) is 0 Å². The predicted octanol–water partition coefficient (Wildman–Crippen LogP) is 1.47. The largest absolute Gasteiger partial charge is 0.396 e. The highest BCUT2D eigenvalue weighted by molar-refractivity contribution is 4.70. The summed E-state index contributed by atoms with van der Waals surface area (Å²) in [5.74, 6) is 0.924. The zero-order valence-electron chi connectivity index (χ0n) is 10.9. The normalized spacial score (nSPS) is 21.2. The van der Waals surface area contributed by atoms with Crippen molar-refractivity contribution in [2.45, 2.75) is 45.6 Å². The second-order valence-corrected chi connectivity index (χ2v) is 5.25. The molecule has 1 heterocycles. The van der Waals surface area contributed by atoms with Gasteiger partial charge in [-0.3, -0.25) is 0 Å². The van der Waals surface area contributed by atoms with Gasteiger partial charge in [-0.25, -0.2) is 0 Å². The molecule has 0 radical (unpaired) electrons. The molecule has 1 unspecified atom stereocenters. The van der Waals surface area contributed by atoms with Crippen LogP contribution in [0.4, 0.5) is 0 Å². The van der Waals surface area contributed by atoms with Crippen molar-refractivity contribution >= 4 is 0 Å². The summed E-state index contributed by atoms with van der Waals surface area (Å²) in [4.78, 5) is 2.56. The van der Waals surface area contributed by atoms with E-state index in [1.807, 2.05) is 0 Å². The molecule has 0 bridgehead atoms. The van der Waals surface area contributed by atoms with Gasteiger partial charge in [0.1, 0.15) is 0 Å². The molecule has 3 heteroatoms. The van der Waals surface area contributed by atoms with Crippen LogP contribution in [0, 0.1) is 5.92 Å². The molecule has 1 fully saturated rings. The molecule has 2 N–H and O–H groups in total. The molecule has 1 aliphatic rings. The van der Waals surface area contributed by atoms with E-state index in [1.54, 1.807) is 0 Å². The number of hydrogen-bond donors (Lipinski definition) is 2. The second-order valence-electron chi connectivity index (χ2n) is 5.25. The van der Waals surface area contributed by atoms with Crippen LogP contribution < -0.4 is 5.32 Å². The SMILES string of the molecule is CC1CCN(CCNC(C)CCCO)CC1. The van der Waals surface area contributed by atoms with Crippen molar-refractivity contribution in [2.24, 2.45) is 5.92 Å². The summed E-state index contributed by atoms with van der Waals surface area (Å²) in [6.45, 7) is 9.68. The molecule has 1 rings (SSSR count). The van der Waals surface area contributed by atoms with E-state index in [9.17, 15) is 0 Å². The van der Waals surface area contributed by atoms with Gasteiger partial charge in [0, 0.05) is 25.7 Å². The van der Waals surface area contributed by atoms with Gasteiger partial charge >= 0.3 is 0 Å². The zero-order valence-corrected chi connectivity index (χ0v) is 10.9. The van der Waals surface area contributed by atoms with Crippen LogP contribution in [0.25, 0.3) is 0 Å². The molecule has 3 nitrogen and oxygen atoms in total. The smallest absolute Gasteiger partial charge is 0.0431 e. The van der Waals surface area contributed by atoms with E-state index in [0.717, 1.165) is 25.3 Å². The maximum atomic E-state index is 8.73. The highest BCUT2D eigenvalue weighted by atomic mass is 16.2. The first-order valence-electron chi connectivity index (χ1n) is 6.79. The first-order chi connectivity index (χ1) is 7.72. The Morgan fingerprint density at radius 3 is 2.69 bits per heavy atom. The van der Waals surface area contributed by atoms with Crippen LogP contribution >= 0.6 is 0 Å². The molecule has 0 aliphatic carbocycles. The van der Waals surface area contributed by atoms with Crippen LogP contribution in [0.2, 0.25) is 0 Å². The quantitative estimate of drug-likeness (QED) is 0.692. The molecule has 0 aromatic carbocycles. The van der Waals surface area contributed by atoms with Crippen molar-refractivity contribution in [1.29, 1.82) is 0 Å². The van der Waals surface area contributed by atoms with Gasteiger partial charge in [0.25, 0.3) is 0 Å². The fourth-order valence-electron chi connectivity index (χ4n) is 2.25. The number of piperidine rings is 1. The number of nitrogens with zero attached hydrogens (tertiary/aromatic N) is 1. The Labute approximate surface area is 100 Å². The fourth-order valence-corrected chi connectivity index (χ4v) is 2.25. The Balaban J connectivity index is 1.98. The van der Waals surface area contributed by atoms with E-state index < -0.39 is 0 Å². The molecule has 0 spiro atoms. The lowest BCUT2D eigenvalue weighted by Crippen LogP contribution is -2.39. The molecule has 1 aliphatic heterocycles. The van der Waals surface area contributed by atoms with Crippen LogP contribution in [0.1, 0.15) is 39.5 Å². The molecule has 1 atom stereocenters. The van der Waals surface area contributed by atoms with Gasteiger partial charge in [0.2, 0.25) is 0 Å². The number of aliphatic hydroxyl groups excluding tert-OH is 1. The molecule has 96 valence electrons. The third-order valence-electron chi connectivity index (χ3n) is 3.59. The van der Waals surface area contributed by atoms with E-state index in [2.05, 4.69) is 24.1 Å². The third-order valence-corrected chi connectivity index (χ3v) is 3.59. The van der Waals surface area contributed by atoms with Gasteiger partial charge in [-0.2, -0.15) is 0 Å². The van der Waals surface area contributed by atoms with Crippen molar-refractivity contribution in [3.8, 4) is 0 Å². The Morgan fingerprint density at radius 1 is 1.38 bits per heavy atom. The van der Waals surface area contributed by atoms with Gasteiger partial charge in [0.05, 0.1) is 0 Å². The summed E-state index contributed by atoms with van der Waals surface area (Å²) in [6.07, 6.45) is 4.71. The Kier molecular flexibility index (Phi) is 7.01. The maximum Gasteiger partial charge on any atom is 0.0431 e. The molecule has 1 saturated heterocycles. The van der Waals surface area contributed by atoms with E-state index in [1.165, 1.54) is 32.5 Å². The summed E-state index contributed by atoms with van der Waals surface area (Å²) >= 11 is 0. The minimum absolute atomic E-state index is 0.316. The number of likely N-dealkylation sites (tertiary alicyclic amines) is 1. The van der Waals surface area contributed by atoms with Crippen molar-refractivity contribution in [2.75, 3.05) is 32.8 Å². The Hall–Kier alpha value is -0.120. The Morgan fingerprint density at radius 2 is 2.06 bits per heavy atom. The second kappa shape index (κ2) is 8.04. The number of rotatable bonds is 7. The average molecular weight is 228 g/mol. The first-order valence-corrected chi connectivity index (χ1v) is 6.79. The van der Waals surface area contributed by atoms with Crippen LogP contribution in [-0.2, 0) is 0 Å². The lowest BCUT2D eigenvalue weighted by Gasteiger charge is -2.30. The van der Waals surface area contributed by atoms with Crippen molar-refractivity contribution in [3.05, 3.63) is 0 Å². The number of hydrogen-bond acceptors (Lipinski definition) is 3. The molecule has 0 aromatic rings. The molecular formula is C13H28N2O. The molecular weight excluding hydrogens is 200 g/mol. The molecule has 0 aromatic heterocycles. The first kappa shape index (κ1) is 13.9. The summed E-state index contributed by atoms with van der Waals surface area (Å²) in [7, 11) is 0. The number of nitrogens with one attached hydrogen (secondary N) is 1. The predicted molar refractivity (Wildman–Crippen MR) is 68.6 cm³/mol. The topological polar surface area (TPSA) is 35.5 Å². The lowest BCUT2D eigenvalue weighted by atomic mass is 9.99. The third kappa shape index (κ3) is 5.83. The van der Waals surface area contributed by atoms with Gasteiger partial charge in [0.15, 0.2) is 0 Å². The highest BCUT2D eigenvalue weighted by Gasteiger charge is 2.14. The number of aliphatic hydroxyl groups is 1. The van der Waals surface area contributed by atoms with E-state index >= 15 is 0 Å². The highest BCUT2D eigenvalue weighted by Crippen LogP contribution is 2.15. The summed E-state index contributed by atoms with van der Waals surface area (Å²) in [6, 6.07) is 0.538. The van der Waals surface area contributed by atoms with E-state index in [4.69, 9.17) is 5.11 Å². The van der Waals surface area contributed by atoms with Crippen LogP contribution in [0.15, 0.2) is 0 Å². The summed E-state index contributed by atoms with van der Waals surface area (Å²) < 4.78 is 0. The minimum Gasteiger partial charge on any atom is -0.396 e. The fraction of sp³-hybridized carbons (Fsp3) is 1.00.